The molecule has 0 fully saturated rings. The highest BCUT2D eigenvalue weighted by atomic mass is 35.5. The zero-order valence-electron chi connectivity index (χ0n) is 13.2. The Labute approximate surface area is 149 Å². The van der Waals surface area contributed by atoms with Gasteiger partial charge in [-0.05, 0) is 36.4 Å². The molecular weight excluding hydrogens is 364 g/mol. The van der Waals surface area contributed by atoms with E-state index in [1.807, 2.05) is 0 Å². The summed E-state index contributed by atoms with van der Waals surface area (Å²) >= 11 is 5.93. The summed E-state index contributed by atoms with van der Waals surface area (Å²) in [5.74, 6) is 0.641. The highest BCUT2D eigenvalue weighted by molar-refractivity contribution is 7.89. The number of aromatic amines is 1. The zero-order valence-corrected chi connectivity index (χ0v) is 14.8. The Balaban J connectivity index is 1.91. The first-order valence-corrected chi connectivity index (χ1v) is 9.21. The van der Waals surface area contributed by atoms with Crippen molar-refractivity contribution in [1.82, 2.24) is 9.71 Å². The third kappa shape index (κ3) is 3.68. The number of aromatic nitrogens is 1. The highest BCUT2D eigenvalue weighted by Crippen LogP contribution is 2.21. The van der Waals surface area contributed by atoms with Gasteiger partial charge in [0, 0.05) is 23.0 Å². The summed E-state index contributed by atoms with van der Waals surface area (Å²) in [6.07, 6.45) is 0. The summed E-state index contributed by atoms with van der Waals surface area (Å²) in [5.41, 5.74) is 0.569. The number of fused-ring (bicyclic) bond motifs is 1. The fourth-order valence-electron chi connectivity index (χ4n) is 2.40. The first kappa shape index (κ1) is 17.5. The predicted molar refractivity (Wildman–Crippen MR) is 96.6 cm³/mol. The van der Waals surface area contributed by atoms with Gasteiger partial charge < -0.3 is 9.72 Å². The fraction of sp³-hybridized carbons (Fsp3) is 0.118. The van der Waals surface area contributed by atoms with E-state index in [9.17, 15) is 13.2 Å². The lowest BCUT2D eigenvalue weighted by atomic mass is 10.1. The van der Waals surface area contributed by atoms with Crippen LogP contribution < -0.4 is 15.0 Å². The minimum absolute atomic E-state index is 0.0319. The van der Waals surface area contributed by atoms with Crippen LogP contribution in [0.5, 0.6) is 5.75 Å². The van der Waals surface area contributed by atoms with Crippen LogP contribution in [-0.4, -0.2) is 20.5 Å². The third-order valence-corrected chi connectivity index (χ3v) is 5.61. The number of benzene rings is 2. The second kappa shape index (κ2) is 6.87. The molecule has 0 radical (unpaired) electrons. The number of halogens is 1. The number of sulfonamides is 1. The Hall–Kier alpha value is -2.35. The molecule has 1 heterocycles. The molecule has 130 valence electrons. The van der Waals surface area contributed by atoms with Crippen LogP contribution in [0.3, 0.4) is 0 Å². The van der Waals surface area contributed by atoms with E-state index in [0.717, 1.165) is 5.39 Å². The van der Waals surface area contributed by atoms with E-state index in [4.69, 9.17) is 16.3 Å². The molecule has 0 atom stereocenters. The van der Waals surface area contributed by atoms with E-state index < -0.39 is 10.0 Å². The van der Waals surface area contributed by atoms with Crippen LogP contribution in [-0.2, 0) is 16.6 Å². The number of hydrogen-bond donors (Lipinski definition) is 2. The second-order valence-electron chi connectivity index (χ2n) is 5.33. The Morgan fingerprint density at radius 2 is 1.92 bits per heavy atom. The molecule has 2 N–H and O–H groups in total. The molecule has 6 nitrogen and oxygen atoms in total. The maximum atomic E-state index is 12.4. The summed E-state index contributed by atoms with van der Waals surface area (Å²) in [5, 5.41) is 0.859. The lowest BCUT2D eigenvalue weighted by Gasteiger charge is -2.09. The molecule has 8 heteroatoms. The zero-order chi connectivity index (χ0) is 18.0. The van der Waals surface area contributed by atoms with E-state index >= 15 is 0 Å². The van der Waals surface area contributed by atoms with Gasteiger partial charge in [-0.25, -0.2) is 13.1 Å². The molecule has 0 amide bonds. The second-order valence-corrected chi connectivity index (χ2v) is 7.47. The van der Waals surface area contributed by atoms with Crippen molar-refractivity contribution in [3.8, 4) is 5.75 Å². The Morgan fingerprint density at radius 1 is 1.16 bits per heavy atom. The Morgan fingerprint density at radius 3 is 2.64 bits per heavy atom. The van der Waals surface area contributed by atoms with E-state index in [1.165, 1.54) is 12.1 Å². The van der Waals surface area contributed by atoms with Gasteiger partial charge in [0.2, 0.25) is 10.0 Å². The molecule has 0 aliphatic heterocycles. The summed E-state index contributed by atoms with van der Waals surface area (Å²) in [4.78, 5) is 14.9. The highest BCUT2D eigenvalue weighted by Gasteiger charge is 2.17. The van der Waals surface area contributed by atoms with Gasteiger partial charge in [-0.15, -0.1) is 0 Å². The van der Waals surface area contributed by atoms with E-state index in [1.54, 1.807) is 43.5 Å². The Kier molecular flexibility index (Phi) is 4.80. The van der Waals surface area contributed by atoms with Gasteiger partial charge >= 0.3 is 0 Å². The average molecular weight is 379 g/mol. The Bertz CT molecular complexity index is 1090. The molecule has 2 aromatic carbocycles. The molecule has 0 aliphatic rings. The molecule has 0 saturated heterocycles. The SMILES string of the molecule is COc1ccc2[nH]c(=O)c(CNS(=O)(=O)c3ccccc3Cl)cc2c1. The van der Waals surface area contributed by atoms with Crippen LogP contribution in [0.4, 0.5) is 0 Å². The summed E-state index contributed by atoms with van der Waals surface area (Å²) in [7, 11) is -2.28. The number of ether oxygens (including phenoxy) is 1. The molecule has 0 aliphatic carbocycles. The van der Waals surface area contributed by atoms with Gasteiger partial charge in [-0.1, -0.05) is 23.7 Å². The maximum Gasteiger partial charge on any atom is 0.252 e. The number of methoxy groups -OCH3 is 1. The van der Waals surface area contributed by atoms with Crippen molar-refractivity contribution in [1.29, 1.82) is 0 Å². The van der Waals surface area contributed by atoms with Crippen molar-refractivity contribution in [2.45, 2.75) is 11.4 Å². The quantitative estimate of drug-likeness (QED) is 0.714. The largest absolute Gasteiger partial charge is 0.497 e. The number of nitrogens with one attached hydrogen (secondary N) is 2. The molecule has 3 aromatic rings. The number of hydrogen-bond acceptors (Lipinski definition) is 4. The molecule has 0 spiro atoms. The average Bonchev–Trinajstić information content (AvgIpc) is 2.59. The predicted octanol–water partition coefficient (Wildman–Crippen LogP) is 2.67. The first-order chi connectivity index (χ1) is 11.9. The maximum absolute atomic E-state index is 12.4. The van der Waals surface area contributed by atoms with Gasteiger partial charge in [0.1, 0.15) is 10.6 Å². The summed E-state index contributed by atoms with van der Waals surface area (Å²) in [6, 6.07) is 13.0. The van der Waals surface area contributed by atoms with Crippen LogP contribution in [0.15, 0.2) is 58.2 Å². The third-order valence-electron chi connectivity index (χ3n) is 3.71. The van der Waals surface area contributed by atoms with Gasteiger partial charge in [0.25, 0.3) is 5.56 Å². The van der Waals surface area contributed by atoms with Gasteiger partial charge in [-0.3, -0.25) is 4.79 Å². The van der Waals surface area contributed by atoms with Crippen molar-refractivity contribution < 1.29 is 13.2 Å². The minimum Gasteiger partial charge on any atom is -0.497 e. The van der Waals surface area contributed by atoms with Crippen LogP contribution in [0.25, 0.3) is 10.9 Å². The van der Waals surface area contributed by atoms with E-state index in [2.05, 4.69) is 9.71 Å². The standard InChI is InChI=1S/C17H15ClN2O4S/c1-24-13-6-7-15-11(9-13)8-12(17(21)20-15)10-19-25(22,23)16-5-3-2-4-14(16)18/h2-9,19H,10H2,1H3,(H,20,21). The number of pyridine rings is 1. The number of rotatable bonds is 5. The first-order valence-electron chi connectivity index (χ1n) is 7.35. The van der Waals surface area contributed by atoms with Gasteiger partial charge in [0.15, 0.2) is 0 Å². The lowest BCUT2D eigenvalue weighted by Crippen LogP contribution is -2.27. The minimum atomic E-state index is -3.83. The smallest absolute Gasteiger partial charge is 0.252 e. The van der Waals surface area contributed by atoms with Gasteiger partial charge in [0.05, 0.1) is 12.1 Å². The molecular formula is C17H15ClN2O4S. The van der Waals surface area contributed by atoms with Crippen LogP contribution in [0, 0.1) is 0 Å². The molecule has 3 rings (SSSR count). The molecule has 25 heavy (non-hydrogen) atoms. The van der Waals surface area contributed by atoms with Crippen LogP contribution in [0.1, 0.15) is 5.56 Å². The molecule has 1 aromatic heterocycles. The summed E-state index contributed by atoms with van der Waals surface area (Å²) in [6.45, 7) is -0.157. The molecule has 0 bridgehead atoms. The molecule has 0 saturated carbocycles. The molecule has 0 unspecified atom stereocenters. The van der Waals surface area contributed by atoms with Crippen LogP contribution in [0.2, 0.25) is 5.02 Å². The van der Waals surface area contributed by atoms with Crippen molar-refractivity contribution in [3.05, 3.63) is 69.5 Å². The van der Waals surface area contributed by atoms with E-state index in [-0.39, 0.29) is 27.6 Å². The van der Waals surface area contributed by atoms with Gasteiger partial charge in [-0.2, -0.15) is 0 Å². The van der Waals surface area contributed by atoms with Crippen molar-refractivity contribution in [3.63, 3.8) is 0 Å². The fourth-order valence-corrected chi connectivity index (χ4v) is 3.93. The van der Waals surface area contributed by atoms with Crippen molar-refractivity contribution in [2.24, 2.45) is 0 Å². The van der Waals surface area contributed by atoms with E-state index in [0.29, 0.717) is 11.3 Å². The van der Waals surface area contributed by atoms with Crippen molar-refractivity contribution >= 4 is 32.5 Å². The topological polar surface area (TPSA) is 88.3 Å². The van der Waals surface area contributed by atoms with Crippen LogP contribution >= 0.6 is 11.6 Å². The number of H-pyrrole nitrogens is 1. The monoisotopic (exact) mass is 378 g/mol. The van der Waals surface area contributed by atoms with Crippen molar-refractivity contribution in [2.75, 3.05) is 7.11 Å². The summed E-state index contributed by atoms with van der Waals surface area (Å²) < 4.78 is 32.3. The lowest BCUT2D eigenvalue weighted by molar-refractivity contribution is 0.415. The normalized spacial score (nSPS) is 11.6.